The number of rotatable bonds is 6. The van der Waals surface area contributed by atoms with Gasteiger partial charge in [0.1, 0.15) is 0 Å². The van der Waals surface area contributed by atoms with E-state index in [4.69, 9.17) is 5.84 Å². The Balaban J connectivity index is 3.08. The van der Waals surface area contributed by atoms with Gasteiger partial charge in [0.25, 0.3) is 0 Å². The lowest BCUT2D eigenvalue weighted by molar-refractivity contribution is 0.528. The Morgan fingerprint density at radius 2 is 1.79 bits per heavy atom. The Labute approximate surface area is 115 Å². The zero-order chi connectivity index (χ0) is 14.6. The molecule has 19 heavy (non-hydrogen) atoms. The fraction of sp³-hybridized carbons (Fsp3) is 0.538. The van der Waals surface area contributed by atoms with Gasteiger partial charge in [-0.1, -0.05) is 20.3 Å². The minimum Gasteiger partial charge on any atom is -0.324 e. The number of benzene rings is 1. The van der Waals surface area contributed by atoms with Gasteiger partial charge in [0, 0.05) is 12.2 Å². The second-order valence-corrected chi connectivity index (χ2v) is 6.65. The molecule has 0 saturated carbocycles. The third-order valence-electron chi connectivity index (χ3n) is 3.21. The van der Waals surface area contributed by atoms with E-state index >= 15 is 0 Å². The average Bonchev–Trinajstić information content (AvgIpc) is 2.34. The molecule has 0 aliphatic heterocycles. The zero-order valence-electron chi connectivity index (χ0n) is 11.9. The molecule has 108 valence electrons. The van der Waals surface area contributed by atoms with Crippen molar-refractivity contribution in [1.29, 1.82) is 0 Å². The van der Waals surface area contributed by atoms with Crippen LogP contribution < -0.4 is 16.0 Å². The van der Waals surface area contributed by atoms with Crippen LogP contribution in [0.1, 0.15) is 31.4 Å². The lowest BCUT2D eigenvalue weighted by atomic mass is 10.1. The maximum absolute atomic E-state index is 12.3. The van der Waals surface area contributed by atoms with E-state index in [0.29, 0.717) is 34.2 Å². The smallest absolute Gasteiger partial charge is 0.241 e. The van der Waals surface area contributed by atoms with Crippen molar-refractivity contribution in [3.05, 3.63) is 23.3 Å². The van der Waals surface area contributed by atoms with E-state index in [1.165, 1.54) is 0 Å². The van der Waals surface area contributed by atoms with Crippen molar-refractivity contribution in [1.82, 2.24) is 4.72 Å². The van der Waals surface area contributed by atoms with Crippen LogP contribution in [0.5, 0.6) is 0 Å². The summed E-state index contributed by atoms with van der Waals surface area (Å²) in [5.41, 5.74) is 4.61. The molecule has 0 amide bonds. The average molecular weight is 285 g/mol. The number of anilines is 1. The monoisotopic (exact) mass is 285 g/mol. The highest BCUT2D eigenvalue weighted by Crippen LogP contribution is 2.24. The van der Waals surface area contributed by atoms with Gasteiger partial charge in [0.15, 0.2) is 0 Å². The Hall–Kier alpha value is -1.11. The fourth-order valence-electron chi connectivity index (χ4n) is 1.93. The van der Waals surface area contributed by atoms with E-state index in [1.807, 2.05) is 13.8 Å². The van der Waals surface area contributed by atoms with Crippen molar-refractivity contribution >= 4 is 15.7 Å². The number of aryl methyl sites for hydroxylation is 2. The van der Waals surface area contributed by atoms with Gasteiger partial charge in [0.2, 0.25) is 10.0 Å². The van der Waals surface area contributed by atoms with Crippen molar-refractivity contribution in [3.63, 3.8) is 0 Å². The van der Waals surface area contributed by atoms with Crippen molar-refractivity contribution in [2.75, 3.05) is 12.0 Å². The Bertz CT molecular complexity index is 518. The lowest BCUT2D eigenvalue weighted by Crippen LogP contribution is -2.29. The molecule has 0 saturated heterocycles. The van der Waals surface area contributed by atoms with E-state index in [-0.39, 0.29) is 0 Å². The van der Waals surface area contributed by atoms with Crippen LogP contribution in [0.25, 0.3) is 0 Å². The maximum Gasteiger partial charge on any atom is 0.241 e. The third-order valence-corrected chi connectivity index (χ3v) is 4.94. The summed E-state index contributed by atoms with van der Waals surface area (Å²) in [4.78, 5) is 0.342. The Morgan fingerprint density at radius 1 is 1.26 bits per heavy atom. The molecule has 0 radical (unpaired) electrons. The second-order valence-electron chi connectivity index (χ2n) is 4.95. The number of sulfonamides is 1. The number of hydrogen-bond donors (Lipinski definition) is 3. The number of nitrogen functional groups attached to an aromatic ring is 1. The largest absolute Gasteiger partial charge is 0.324 e. The normalized spacial score (nSPS) is 13.3. The molecule has 0 spiro atoms. The summed E-state index contributed by atoms with van der Waals surface area (Å²) in [7, 11) is -3.47. The van der Waals surface area contributed by atoms with Crippen LogP contribution in [0.2, 0.25) is 0 Å². The molecular weight excluding hydrogens is 262 g/mol. The summed E-state index contributed by atoms with van der Waals surface area (Å²) in [5.74, 6) is 5.67. The molecule has 5 nitrogen and oxygen atoms in total. The Morgan fingerprint density at radius 3 is 2.21 bits per heavy atom. The minimum absolute atomic E-state index is 0.320. The first-order valence-corrected chi connectivity index (χ1v) is 7.87. The molecule has 0 aromatic heterocycles. The summed E-state index contributed by atoms with van der Waals surface area (Å²) in [5, 5.41) is 0. The molecule has 1 atom stereocenters. The van der Waals surface area contributed by atoms with E-state index in [0.717, 1.165) is 6.42 Å². The number of hydrogen-bond acceptors (Lipinski definition) is 4. The fourth-order valence-corrected chi connectivity index (χ4v) is 3.54. The summed E-state index contributed by atoms with van der Waals surface area (Å²) < 4.78 is 27.3. The summed E-state index contributed by atoms with van der Waals surface area (Å²) in [6.07, 6.45) is 0.941. The molecule has 0 bridgehead atoms. The van der Waals surface area contributed by atoms with Gasteiger partial charge in [-0.25, -0.2) is 13.1 Å². The maximum atomic E-state index is 12.3. The van der Waals surface area contributed by atoms with E-state index < -0.39 is 10.0 Å². The zero-order valence-corrected chi connectivity index (χ0v) is 12.8. The van der Waals surface area contributed by atoms with Crippen molar-refractivity contribution < 1.29 is 8.42 Å². The number of nitrogens with two attached hydrogens (primary N) is 1. The molecule has 1 rings (SSSR count). The van der Waals surface area contributed by atoms with Gasteiger partial charge in [-0.05, 0) is 43.0 Å². The van der Waals surface area contributed by atoms with Gasteiger partial charge in [-0.2, -0.15) is 0 Å². The first-order chi connectivity index (χ1) is 8.81. The van der Waals surface area contributed by atoms with Gasteiger partial charge < -0.3 is 5.43 Å². The molecule has 6 heteroatoms. The van der Waals surface area contributed by atoms with Crippen molar-refractivity contribution in [2.24, 2.45) is 11.8 Å². The van der Waals surface area contributed by atoms with Crippen LogP contribution in [0.4, 0.5) is 5.69 Å². The van der Waals surface area contributed by atoms with Crippen LogP contribution in [0.15, 0.2) is 17.0 Å². The SMILES string of the molecule is CCC(C)CNS(=O)(=O)c1c(C)cc(NN)cc1C. The predicted molar refractivity (Wildman–Crippen MR) is 78.4 cm³/mol. The molecule has 0 fully saturated rings. The Kier molecular flexibility index (Phi) is 5.34. The highest BCUT2D eigenvalue weighted by atomic mass is 32.2. The number of nitrogens with one attached hydrogen (secondary N) is 2. The van der Waals surface area contributed by atoms with Gasteiger partial charge in [-0.3, -0.25) is 5.84 Å². The summed E-state index contributed by atoms with van der Waals surface area (Å²) in [6, 6.07) is 3.45. The lowest BCUT2D eigenvalue weighted by Gasteiger charge is -2.15. The van der Waals surface area contributed by atoms with E-state index in [9.17, 15) is 8.42 Å². The quantitative estimate of drug-likeness (QED) is 0.550. The third kappa shape index (κ3) is 3.92. The van der Waals surface area contributed by atoms with Gasteiger partial charge in [-0.15, -0.1) is 0 Å². The molecule has 0 aliphatic carbocycles. The van der Waals surface area contributed by atoms with E-state index in [1.54, 1.807) is 26.0 Å². The standard InChI is InChI=1S/C13H23N3O2S/c1-5-9(2)8-15-19(17,18)13-10(3)6-12(16-14)7-11(13)4/h6-7,9,15-16H,5,8,14H2,1-4H3. The molecule has 0 aliphatic rings. The molecule has 1 aromatic rings. The van der Waals surface area contributed by atoms with Gasteiger partial charge >= 0.3 is 0 Å². The topological polar surface area (TPSA) is 84.2 Å². The van der Waals surface area contributed by atoms with E-state index in [2.05, 4.69) is 10.1 Å². The summed E-state index contributed by atoms with van der Waals surface area (Å²) >= 11 is 0. The molecule has 1 unspecified atom stereocenters. The van der Waals surface area contributed by atoms with Crippen molar-refractivity contribution in [3.8, 4) is 0 Å². The first-order valence-electron chi connectivity index (χ1n) is 6.39. The highest BCUT2D eigenvalue weighted by molar-refractivity contribution is 7.89. The molecule has 4 N–H and O–H groups in total. The first kappa shape index (κ1) is 15.9. The molecule has 0 heterocycles. The second kappa shape index (κ2) is 6.36. The minimum atomic E-state index is -3.47. The van der Waals surface area contributed by atoms with Crippen LogP contribution in [-0.2, 0) is 10.0 Å². The van der Waals surface area contributed by atoms with Crippen molar-refractivity contribution in [2.45, 2.75) is 39.0 Å². The molecule has 1 aromatic carbocycles. The van der Waals surface area contributed by atoms with Crippen LogP contribution >= 0.6 is 0 Å². The van der Waals surface area contributed by atoms with Gasteiger partial charge in [0.05, 0.1) is 4.90 Å². The summed E-state index contributed by atoms with van der Waals surface area (Å²) in [6.45, 7) is 8.05. The van der Waals surface area contributed by atoms with Crippen LogP contribution in [0.3, 0.4) is 0 Å². The molecular formula is C13H23N3O2S. The highest BCUT2D eigenvalue weighted by Gasteiger charge is 2.20. The number of hydrazine groups is 1. The van der Waals surface area contributed by atoms with Crippen LogP contribution in [0, 0.1) is 19.8 Å². The predicted octanol–water partition coefficient (Wildman–Crippen LogP) is 1.91. The van der Waals surface area contributed by atoms with Crippen LogP contribution in [-0.4, -0.2) is 15.0 Å².